The van der Waals surface area contributed by atoms with Crippen LogP contribution in [-0.4, -0.2) is 36.6 Å². The molecule has 18 heavy (non-hydrogen) atoms. The fraction of sp³-hybridized carbons (Fsp3) is 0.786. The van der Waals surface area contributed by atoms with Crippen molar-refractivity contribution in [1.29, 1.82) is 0 Å². The molecule has 4 heteroatoms. The maximum Gasteiger partial charge on any atom is 0.111 e. The van der Waals surface area contributed by atoms with Gasteiger partial charge in [0.15, 0.2) is 0 Å². The van der Waals surface area contributed by atoms with Crippen molar-refractivity contribution in [3.05, 3.63) is 16.1 Å². The van der Waals surface area contributed by atoms with Crippen LogP contribution in [0.2, 0.25) is 0 Å². The minimum atomic E-state index is 0.487. The predicted octanol–water partition coefficient (Wildman–Crippen LogP) is 2.77. The van der Waals surface area contributed by atoms with Crippen molar-refractivity contribution in [2.24, 2.45) is 0 Å². The molecule has 0 bridgehead atoms. The molecule has 1 atom stereocenters. The Hall–Kier alpha value is -0.450. The molecule has 2 aliphatic rings. The fourth-order valence-corrected chi connectivity index (χ4v) is 4.19. The van der Waals surface area contributed by atoms with Gasteiger partial charge in [-0.3, -0.25) is 4.90 Å². The number of nitrogens with zero attached hydrogens (tertiary/aromatic N) is 2. The Bertz CT molecular complexity index is 384. The van der Waals surface area contributed by atoms with Crippen LogP contribution in [0, 0.1) is 0 Å². The van der Waals surface area contributed by atoms with Crippen LogP contribution in [0.4, 0.5) is 0 Å². The molecule has 1 aromatic rings. The number of nitrogens with one attached hydrogen (secondary N) is 1. The van der Waals surface area contributed by atoms with E-state index >= 15 is 0 Å². The molecular formula is C14H23N3S. The molecule has 1 unspecified atom stereocenters. The number of aromatic nitrogens is 1. The lowest BCUT2D eigenvalue weighted by Crippen LogP contribution is -2.43. The van der Waals surface area contributed by atoms with Gasteiger partial charge in [0.1, 0.15) is 5.01 Å². The number of piperazine rings is 1. The van der Waals surface area contributed by atoms with Crippen LogP contribution in [0.5, 0.6) is 0 Å². The van der Waals surface area contributed by atoms with Crippen LogP contribution < -0.4 is 5.32 Å². The lowest BCUT2D eigenvalue weighted by Gasteiger charge is -2.31. The van der Waals surface area contributed by atoms with E-state index in [0.29, 0.717) is 6.04 Å². The number of hydrogen-bond donors (Lipinski definition) is 1. The molecule has 1 saturated heterocycles. The molecule has 0 aromatic carbocycles. The van der Waals surface area contributed by atoms with Crippen molar-refractivity contribution in [3.8, 4) is 0 Å². The van der Waals surface area contributed by atoms with E-state index in [0.717, 1.165) is 25.6 Å². The Morgan fingerprint density at radius 2 is 2.17 bits per heavy atom. The predicted molar refractivity (Wildman–Crippen MR) is 76.2 cm³/mol. The van der Waals surface area contributed by atoms with Gasteiger partial charge in [0.2, 0.25) is 0 Å². The smallest absolute Gasteiger partial charge is 0.111 e. The van der Waals surface area contributed by atoms with Gasteiger partial charge in [-0.1, -0.05) is 19.3 Å². The summed E-state index contributed by atoms with van der Waals surface area (Å²) in [6.07, 6.45) is 6.90. The minimum absolute atomic E-state index is 0.487. The first-order valence-corrected chi connectivity index (χ1v) is 8.09. The van der Waals surface area contributed by atoms with Crippen LogP contribution in [0.3, 0.4) is 0 Å². The minimum Gasteiger partial charge on any atom is -0.313 e. The zero-order valence-electron chi connectivity index (χ0n) is 11.2. The summed E-state index contributed by atoms with van der Waals surface area (Å²) in [4.78, 5) is 7.38. The largest absolute Gasteiger partial charge is 0.313 e. The Labute approximate surface area is 114 Å². The average Bonchev–Trinajstić information content (AvgIpc) is 2.90. The molecule has 100 valence electrons. The quantitative estimate of drug-likeness (QED) is 0.891. The van der Waals surface area contributed by atoms with Crippen molar-refractivity contribution in [2.45, 2.75) is 44.1 Å². The lowest BCUT2D eigenvalue weighted by molar-refractivity contribution is 0.201. The van der Waals surface area contributed by atoms with Gasteiger partial charge in [-0.2, -0.15) is 0 Å². The van der Waals surface area contributed by atoms with E-state index < -0.39 is 0 Å². The third kappa shape index (κ3) is 2.60. The molecular weight excluding hydrogens is 242 g/mol. The second-order valence-corrected chi connectivity index (χ2v) is 6.54. The lowest BCUT2D eigenvalue weighted by atomic mass is 9.87. The maximum atomic E-state index is 4.94. The van der Waals surface area contributed by atoms with Crippen LogP contribution in [0.25, 0.3) is 0 Å². The highest BCUT2D eigenvalue weighted by Gasteiger charge is 2.25. The first-order chi connectivity index (χ1) is 8.84. The molecule has 2 fully saturated rings. The van der Waals surface area contributed by atoms with Gasteiger partial charge < -0.3 is 5.32 Å². The van der Waals surface area contributed by atoms with E-state index in [-0.39, 0.29) is 0 Å². The highest BCUT2D eigenvalue weighted by atomic mass is 32.1. The van der Waals surface area contributed by atoms with Gasteiger partial charge in [-0.15, -0.1) is 11.3 Å². The standard InChI is InChI=1S/C14H23N3S/c1-17-8-7-15-9-13(17)14-16-12(10-18-14)11-5-3-2-4-6-11/h10-11,13,15H,2-9H2,1H3. The fourth-order valence-electron chi connectivity index (χ4n) is 3.12. The van der Waals surface area contributed by atoms with E-state index in [1.807, 2.05) is 11.3 Å². The molecule has 1 aliphatic heterocycles. The Kier molecular flexibility index (Phi) is 3.97. The highest BCUT2D eigenvalue weighted by molar-refractivity contribution is 7.09. The summed E-state index contributed by atoms with van der Waals surface area (Å²) in [6.45, 7) is 3.28. The number of likely N-dealkylation sites (N-methyl/N-ethyl adjacent to an activating group) is 1. The summed E-state index contributed by atoms with van der Waals surface area (Å²) in [7, 11) is 2.22. The molecule has 1 aromatic heterocycles. The third-order valence-corrected chi connectivity index (χ3v) is 5.32. The molecule has 1 aliphatic carbocycles. The van der Waals surface area contributed by atoms with Crippen LogP contribution in [0.1, 0.15) is 54.8 Å². The molecule has 0 amide bonds. The van der Waals surface area contributed by atoms with E-state index in [9.17, 15) is 0 Å². The van der Waals surface area contributed by atoms with E-state index in [1.54, 1.807) is 0 Å². The Morgan fingerprint density at radius 3 is 2.94 bits per heavy atom. The highest BCUT2D eigenvalue weighted by Crippen LogP contribution is 2.34. The topological polar surface area (TPSA) is 28.2 Å². The second kappa shape index (κ2) is 5.68. The number of thiazole rings is 1. The van der Waals surface area contributed by atoms with Crippen molar-refractivity contribution in [3.63, 3.8) is 0 Å². The van der Waals surface area contributed by atoms with Crippen LogP contribution in [0.15, 0.2) is 5.38 Å². The summed E-state index contributed by atoms with van der Waals surface area (Å²) in [5, 5.41) is 7.10. The van der Waals surface area contributed by atoms with Crippen molar-refractivity contribution in [2.75, 3.05) is 26.7 Å². The van der Waals surface area contributed by atoms with E-state index in [2.05, 4.69) is 22.6 Å². The molecule has 0 spiro atoms. The third-order valence-electron chi connectivity index (χ3n) is 4.36. The summed E-state index contributed by atoms with van der Waals surface area (Å²) in [5.74, 6) is 0.741. The average molecular weight is 265 g/mol. The van der Waals surface area contributed by atoms with Crippen LogP contribution in [-0.2, 0) is 0 Å². The molecule has 3 rings (SSSR count). The SMILES string of the molecule is CN1CCNCC1c1nc(C2CCCCC2)cs1. The zero-order valence-corrected chi connectivity index (χ0v) is 12.0. The second-order valence-electron chi connectivity index (χ2n) is 5.65. The Balaban J connectivity index is 1.71. The monoisotopic (exact) mass is 265 g/mol. The molecule has 1 N–H and O–H groups in total. The van der Waals surface area contributed by atoms with Crippen molar-refractivity contribution in [1.82, 2.24) is 15.2 Å². The van der Waals surface area contributed by atoms with Crippen molar-refractivity contribution < 1.29 is 0 Å². The Morgan fingerprint density at radius 1 is 1.33 bits per heavy atom. The normalized spacial score (nSPS) is 27.5. The number of rotatable bonds is 2. The summed E-state index contributed by atoms with van der Waals surface area (Å²) >= 11 is 1.86. The van der Waals surface area contributed by atoms with Gasteiger partial charge in [0.25, 0.3) is 0 Å². The molecule has 3 nitrogen and oxygen atoms in total. The first-order valence-electron chi connectivity index (χ1n) is 7.21. The summed E-state index contributed by atoms with van der Waals surface area (Å²) in [5.41, 5.74) is 1.37. The summed E-state index contributed by atoms with van der Waals surface area (Å²) in [6, 6.07) is 0.487. The first kappa shape index (κ1) is 12.6. The summed E-state index contributed by atoms with van der Waals surface area (Å²) < 4.78 is 0. The van der Waals surface area contributed by atoms with Gasteiger partial charge in [0, 0.05) is 30.9 Å². The molecule has 0 radical (unpaired) electrons. The maximum absolute atomic E-state index is 4.94. The van der Waals surface area contributed by atoms with Gasteiger partial charge in [-0.25, -0.2) is 4.98 Å². The van der Waals surface area contributed by atoms with Crippen LogP contribution >= 0.6 is 11.3 Å². The molecule has 2 heterocycles. The molecule has 1 saturated carbocycles. The van der Waals surface area contributed by atoms with Gasteiger partial charge in [-0.05, 0) is 19.9 Å². The van der Waals surface area contributed by atoms with Crippen molar-refractivity contribution >= 4 is 11.3 Å². The number of hydrogen-bond acceptors (Lipinski definition) is 4. The zero-order chi connectivity index (χ0) is 12.4. The van der Waals surface area contributed by atoms with E-state index in [4.69, 9.17) is 4.98 Å². The van der Waals surface area contributed by atoms with Gasteiger partial charge in [0.05, 0.1) is 11.7 Å². The van der Waals surface area contributed by atoms with E-state index in [1.165, 1.54) is 42.8 Å². The van der Waals surface area contributed by atoms with Gasteiger partial charge >= 0.3 is 0 Å².